The number of rotatable bonds is 3. The number of para-hydroxylation sites is 1. The Bertz CT molecular complexity index is 745. The maximum absolute atomic E-state index is 11.8. The van der Waals surface area contributed by atoms with E-state index >= 15 is 0 Å². The van der Waals surface area contributed by atoms with Crippen molar-refractivity contribution in [3.8, 4) is 5.75 Å². The molecule has 0 aromatic heterocycles. The van der Waals surface area contributed by atoms with E-state index in [1.165, 1.54) is 30.3 Å². The Labute approximate surface area is 124 Å². The normalized spacial score (nSPS) is 9.82. The van der Waals surface area contributed by atoms with Crippen molar-refractivity contribution in [1.29, 1.82) is 0 Å². The van der Waals surface area contributed by atoms with Crippen molar-refractivity contribution >= 4 is 17.5 Å². The molecule has 0 bridgehead atoms. The highest BCUT2D eigenvalue weighted by atomic mass is 16.6. The zero-order chi connectivity index (χ0) is 16.1. The van der Waals surface area contributed by atoms with Crippen molar-refractivity contribution in [1.82, 2.24) is 10.9 Å². The van der Waals surface area contributed by atoms with E-state index in [2.05, 4.69) is 10.9 Å². The van der Waals surface area contributed by atoms with Gasteiger partial charge in [0.25, 0.3) is 17.5 Å². The highest BCUT2D eigenvalue weighted by Gasteiger charge is 2.14. The Morgan fingerprint density at radius 2 is 1.68 bits per heavy atom. The van der Waals surface area contributed by atoms with Crippen molar-refractivity contribution < 1.29 is 19.6 Å². The number of nitro groups is 1. The fourth-order valence-corrected chi connectivity index (χ4v) is 1.68. The summed E-state index contributed by atoms with van der Waals surface area (Å²) in [6.07, 6.45) is 0. The first-order chi connectivity index (χ1) is 10.5. The molecule has 0 saturated heterocycles. The third kappa shape index (κ3) is 3.37. The number of aromatic hydroxyl groups is 1. The number of carbonyl (C=O) groups is 2. The molecule has 0 aliphatic carbocycles. The van der Waals surface area contributed by atoms with Crippen LogP contribution in [-0.4, -0.2) is 21.8 Å². The molecule has 0 aliphatic heterocycles. The van der Waals surface area contributed by atoms with Gasteiger partial charge in [-0.15, -0.1) is 0 Å². The van der Waals surface area contributed by atoms with Gasteiger partial charge in [0.05, 0.1) is 10.5 Å². The lowest BCUT2D eigenvalue weighted by Gasteiger charge is -2.08. The first kappa shape index (κ1) is 15.0. The van der Waals surface area contributed by atoms with E-state index in [0.29, 0.717) is 0 Å². The topological polar surface area (TPSA) is 122 Å². The first-order valence-electron chi connectivity index (χ1n) is 6.12. The van der Waals surface area contributed by atoms with Crippen LogP contribution in [0.4, 0.5) is 5.69 Å². The fourth-order valence-electron chi connectivity index (χ4n) is 1.68. The van der Waals surface area contributed by atoms with Gasteiger partial charge in [-0.2, -0.15) is 0 Å². The average Bonchev–Trinajstić information content (AvgIpc) is 2.52. The Morgan fingerprint density at radius 3 is 2.36 bits per heavy atom. The summed E-state index contributed by atoms with van der Waals surface area (Å²) in [7, 11) is 0. The number of hydrogen-bond donors (Lipinski definition) is 3. The van der Waals surface area contributed by atoms with Crippen LogP contribution in [0.2, 0.25) is 0 Å². The summed E-state index contributed by atoms with van der Waals surface area (Å²) in [4.78, 5) is 33.6. The molecule has 2 rings (SSSR count). The minimum absolute atomic E-state index is 0.0122. The second-order valence-corrected chi connectivity index (χ2v) is 4.23. The summed E-state index contributed by atoms with van der Waals surface area (Å²) in [6, 6.07) is 10.9. The molecule has 0 radical (unpaired) electrons. The highest BCUT2D eigenvalue weighted by Crippen LogP contribution is 2.15. The third-order valence-electron chi connectivity index (χ3n) is 2.76. The van der Waals surface area contributed by atoms with Gasteiger partial charge in [-0.3, -0.25) is 30.6 Å². The summed E-state index contributed by atoms with van der Waals surface area (Å²) in [6.45, 7) is 0. The van der Waals surface area contributed by atoms with E-state index in [0.717, 1.165) is 6.07 Å². The Morgan fingerprint density at radius 1 is 1.00 bits per heavy atom. The summed E-state index contributed by atoms with van der Waals surface area (Å²) in [5, 5.41) is 20.2. The van der Waals surface area contributed by atoms with Crippen molar-refractivity contribution in [3.63, 3.8) is 0 Å². The molecule has 22 heavy (non-hydrogen) atoms. The van der Waals surface area contributed by atoms with Crippen LogP contribution in [0.15, 0.2) is 48.5 Å². The van der Waals surface area contributed by atoms with Gasteiger partial charge in [-0.1, -0.05) is 18.2 Å². The van der Waals surface area contributed by atoms with E-state index in [9.17, 15) is 24.8 Å². The molecule has 0 atom stereocenters. The monoisotopic (exact) mass is 301 g/mol. The van der Waals surface area contributed by atoms with Gasteiger partial charge in [0, 0.05) is 17.7 Å². The molecule has 0 heterocycles. The number of phenols is 1. The van der Waals surface area contributed by atoms with Crippen molar-refractivity contribution in [2.45, 2.75) is 0 Å². The molecule has 3 N–H and O–H groups in total. The van der Waals surface area contributed by atoms with E-state index in [1.54, 1.807) is 12.1 Å². The van der Waals surface area contributed by atoms with E-state index in [1.807, 2.05) is 0 Å². The van der Waals surface area contributed by atoms with Crippen LogP contribution in [-0.2, 0) is 0 Å². The summed E-state index contributed by atoms with van der Waals surface area (Å²) >= 11 is 0. The number of non-ortho nitro benzene ring substituents is 1. The van der Waals surface area contributed by atoms with Gasteiger partial charge in [-0.25, -0.2) is 0 Å². The molecule has 0 fully saturated rings. The fraction of sp³-hybridized carbons (Fsp3) is 0. The van der Waals surface area contributed by atoms with E-state index in [4.69, 9.17) is 0 Å². The van der Waals surface area contributed by atoms with Crippen molar-refractivity contribution in [3.05, 3.63) is 69.8 Å². The zero-order valence-electron chi connectivity index (χ0n) is 11.1. The van der Waals surface area contributed by atoms with Crippen molar-refractivity contribution in [2.75, 3.05) is 0 Å². The SMILES string of the molecule is O=C(NNC(=O)c1ccccc1O)c1cccc([N+](=O)[O-])c1. The molecule has 0 spiro atoms. The number of amides is 2. The molecule has 8 heteroatoms. The smallest absolute Gasteiger partial charge is 0.273 e. The number of hydrazine groups is 1. The maximum atomic E-state index is 11.8. The second kappa shape index (κ2) is 6.35. The number of nitro benzene ring substituents is 1. The lowest BCUT2D eigenvalue weighted by molar-refractivity contribution is -0.384. The largest absolute Gasteiger partial charge is 0.507 e. The van der Waals surface area contributed by atoms with Gasteiger partial charge in [0.1, 0.15) is 5.75 Å². The lowest BCUT2D eigenvalue weighted by Crippen LogP contribution is -2.41. The molecule has 112 valence electrons. The predicted octanol–water partition coefficient (Wildman–Crippen LogP) is 1.38. The average molecular weight is 301 g/mol. The number of hydrogen-bond acceptors (Lipinski definition) is 5. The van der Waals surface area contributed by atoms with Crippen LogP contribution in [0.1, 0.15) is 20.7 Å². The maximum Gasteiger partial charge on any atom is 0.273 e. The minimum Gasteiger partial charge on any atom is -0.507 e. The molecule has 2 amide bonds. The van der Waals surface area contributed by atoms with Crippen LogP contribution in [0.25, 0.3) is 0 Å². The Hall–Kier alpha value is -3.42. The molecule has 2 aromatic carbocycles. The highest BCUT2D eigenvalue weighted by molar-refractivity contribution is 6.00. The standard InChI is InChI=1S/C14H11N3O5/c18-12-7-2-1-6-11(12)14(20)16-15-13(19)9-4-3-5-10(8-9)17(21)22/h1-8,18H,(H,15,19)(H,16,20). The molecule has 0 unspecified atom stereocenters. The molecular formula is C14H11N3O5. The van der Waals surface area contributed by atoms with Gasteiger partial charge in [0.2, 0.25) is 0 Å². The van der Waals surface area contributed by atoms with Gasteiger partial charge >= 0.3 is 0 Å². The molecule has 0 aliphatic rings. The number of nitrogens with one attached hydrogen (secondary N) is 2. The molecule has 0 saturated carbocycles. The third-order valence-corrected chi connectivity index (χ3v) is 2.76. The summed E-state index contributed by atoms with van der Waals surface area (Å²) in [5.41, 5.74) is 4.01. The number of nitrogens with zero attached hydrogens (tertiary/aromatic N) is 1. The van der Waals surface area contributed by atoms with E-state index in [-0.39, 0.29) is 22.6 Å². The van der Waals surface area contributed by atoms with Crippen LogP contribution in [0, 0.1) is 10.1 Å². The number of phenolic OH excluding ortho intramolecular Hbond substituents is 1. The quantitative estimate of drug-likeness (QED) is 0.584. The molecular weight excluding hydrogens is 290 g/mol. The number of carbonyl (C=O) groups excluding carboxylic acids is 2. The van der Waals surface area contributed by atoms with Crippen LogP contribution < -0.4 is 10.9 Å². The molecule has 8 nitrogen and oxygen atoms in total. The number of benzene rings is 2. The minimum atomic E-state index is -0.715. The lowest BCUT2D eigenvalue weighted by atomic mass is 10.2. The zero-order valence-corrected chi connectivity index (χ0v) is 11.1. The second-order valence-electron chi connectivity index (χ2n) is 4.23. The van der Waals surface area contributed by atoms with E-state index < -0.39 is 16.7 Å². The first-order valence-corrected chi connectivity index (χ1v) is 6.12. The predicted molar refractivity (Wildman–Crippen MR) is 76.1 cm³/mol. The van der Waals surface area contributed by atoms with Gasteiger partial charge in [-0.05, 0) is 18.2 Å². The molecule has 2 aromatic rings. The Kier molecular flexibility index (Phi) is 4.33. The summed E-state index contributed by atoms with van der Waals surface area (Å²) in [5.74, 6) is -1.66. The van der Waals surface area contributed by atoms with Crippen LogP contribution >= 0.6 is 0 Å². The summed E-state index contributed by atoms with van der Waals surface area (Å²) < 4.78 is 0. The van der Waals surface area contributed by atoms with Gasteiger partial charge in [0.15, 0.2) is 0 Å². The van der Waals surface area contributed by atoms with Crippen LogP contribution in [0.3, 0.4) is 0 Å². The van der Waals surface area contributed by atoms with Crippen molar-refractivity contribution in [2.24, 2.45) is 0 Å². The van der Waals surface area contributed by atoms with Gasteiger partial charge < -0.3 is 5.11 Å². The Balaban J connectivity index is 2.04. The van der Waals surface area contributed by atoms with Crippen LogP contribution in [0.5, 0.6) is 5.75 Å².